The maximum atomic E-state index is 12.0. The molecule has 2 rings (SSSR count). The van der Waals surface area contributed by atoms with E-state index >= 15 is 0 Å². The van der Waals surface area contributed by atoms with Gasteiger partial charge in [0.15, 0.2) is 0 Å². The monoisotopic (exact) mass is 281 g/mol. The molecule has 102 valence electrons. The molecule has 0 bridgehead atoms. The zero-order chi connectivity index (χ0) is 14.0. The fourth-order valence-electron chi connectivity index (χ4n) is 1.68. The van der Waals surface area contributed by atoms with Crippen LogP contribution in [0.1, 0.15) is 24.4 Å². The predicted octanol–water partition coefficient (Wildman–Crippen LogP) is 1.46. The number of nitrogens with zero attached hydrogens (tertiary/aromatic N) is 4. The van der Waals surface area contributed by atoms with Crippen LogP contribution in [0.25, 0.3) is 0 Å². The van der Waals surface area contributed by atoms with Crippen molar-refractivity contribution < 1.29 is 4.79 Å². The first kappa shape index (κ1) is 13.6. The largest absolute Gasteiger partial charge is 0.349 e. The third-order valence-electron chi connectivity index (χ3n) is 3.00. The van der Waals surface area contributed by atoms with Gasteiger partial charge in [0.05, 0.1) is 23.0 Å². The minimum atomic E-state index is -0.403. The summed E-state index contributed by atoms with van der Waals surface area (Å²) < 4.78 is 3.29. The number of hydrogen-bond donors (Lipinski definition) is 1. The van der Waals surface area contributed by atoms with Crippen LogP contribution in [0.4, 0.5) is 0 Å². The average Bonchev–Trinajstić information content (AvgIpc) is 2.93. The molecule has 7 heteroatoms. The van der Waals surface area contributed by atoms with E-state index in [1.165, 1.54) is 0 Å². The molecule has 2 heterocycles. The fraction of sp³-hybridized carbons (Fsp3) is 0.417. The van der Waals surface area contributed by atoms with Crippen LogP contribution in [0.3, 0.4) is 0 Å². The van der Waals surface area contributed by atoms with Crippen molar-refractivity contribution in [3.8, 4) is 0 Å². The summed E-state index contributed by atoms with van der Waals surface area (Å²) in [5.74, 6) is -0.111. The molecule has 0 saturated heterocycles. The van der Waals surface area contributed by atoms with Gasteiger partial charge >= 0.3 is 0 Å². The fourth-order valence-corrected chi connectivity index (χ4v) is 1.82. The molecule has 0 saturated carbocycles. The Morgan fingerprint density at radius 3 is 2.84 bits per heavy atom. The lowest BCUT2D eigenvalue weighted by atomic mass is 10.3. The van der Waals surface area contributed by atoms with E-state index < -0.39 is 6.04 Å². The molecule has 1 atom stereocenters. The molecule has 2 aromatic heterocycles. The summed E-state index contributed by atoms with van der Waals surface area (Å²) in [7, 11) is 1.83. The maximum Gasteiger partial charge on any atom is 0.244 e. The molecule has 0 aromatic carbocycles. The van der Waals surface area contributed by atoms with Crippen molar-refractivity contribution in [1.82, 2.24) is 24.9 Å². The van der Waals surface area contributed by atoms with Crippen LogP contribution in [-0.4, -0.2) is 25.5 Å². The Bertz CT molecular complexity index is 569. The summed E-state index contributed by atoms with van der Waals surface area (Å²) in [4.78, 5) is 12.0. The highest BCUT2D eigenvalue weighted by Crippen LogP contribution is 2.15. The van der Waals surface area contributed by atoms with Gasteiger partial charge in [0.2, 0.25) is 5.91 Å². The molecular formula is C12H16ClN5O. The van der Waals surface area contributed by atoms with E-state index in [0.717, 1.165) is 5.69 Å². The second-order valence-corrected chi connectivity index (χ2v) is 4.79. The van der Waals surface area contributed by atoms with Crippen LogP contribution in [0.2, 0.25) is 5.02 Å². The van der Waals surface area contributed by atoms with Crippen LogP contribution < -0.4 is 5.32 Å². The van der Waals surface area contributed by atoms with Crippen molar-refractivity contribution in [2.75, 3.05) is 0 Å². The van der Waals surface area contributed by atoms with E-state index in [4.69, 9.17) is 11.6 Å². The molecule has 0 aliphatic rings. The molecule has 0 fully saturated rings. The number of hydrogen-bond acceptors (Lipinski definition) is 3. The molecule has 0 radical (unpaired) electrons. The number of aryl methyl sites for hydroxylation is 2. The van der Waals surface area contributed by atoms with Gasteiger partial charge in [-0.1, -0.05) is 11.6 Å². The molecule has 1 amide bonds. The van der Waals surface area contributed by atoms with E-state index in [0.29, 0.717) is 17.3 Å². The highest BCUT2D eigenvalue weighted by Gasteiger charge is 2.17. The minimum Gasteiger partial charge on any atom is -0.349 e. The van der Waals surface area contributed by atoms with Gasteiger partial charge in [-0.3, -0.25) is 14.2 Å². The first-order chi connectivity index (χ1) is 8.99. The van der Waals surface area contributed by atoms with Crippen LogP contribution in [0, 0.1) is 6.92 Å². The summed E-state index contributed by atoms with van der Waals surface area (Å²) in [6.07, 6.45) is 3.35. The van der Waals surface area contributed by atoms with Gasteiger partial charge in [0.1, 0.15) is 6.04 Å². The van der Waals surface area contributed by atoms with E-state index in [9.17, 15) is 4.79 Å². The van der Waals surface area contributed by atoms with Gasteiger partial charge in [0.25, 0.3) is 0 Å². The highest BCUT2D eigenvalue weighted by atomic mass is 35.5. The van der Waals surface area contributed by atoms with Crippen LogP contribution >= 0.6 is 11.6 Å². The Labute approximate surface area is 116 Å². The quantitative estimate of drug-likeness (QED) is 0.923. The summed E-state index contributed by atoms with van der Waals surface area (Å²) in [6, 6.07) is 1.46. The Kier molecular flexibility index (Phi) is 3.90. The smallest absolute Gasteiger partial charge is 0.244 e. The van der Waals surface area contributed by atoms with E-state index in [-0.39, 0.29) is 5.91 Å². The van der Waals surface area contributed by atoms with Crippen molar-refractivity contribution in [2.45, 2.75) is 26.4 Å². The van der Waals surface area contributed by atoms with Gasteiger partial charge < -0.3 is 5.32 Å². The third kappa shape index (κ3) is 2.96. The van der Waals surface area contributed by atoms with Gasteiger partial charge in [-0.05, 0) is 19.9 Å². The molecule has 19 heavy (non-hydrogen) atoms. The second kappa shape index (κ2) is 5.44. The number of halogens is 1. The SMILES string of the molecule is Cc1nn(C(C)C(=O)NCc2ccnn2C)cc1Cl. The highest BCUT2D eigenvalue weighted by molar-refractivity contribution is 6.31. The van der Waals surface area contributed by atoms with Gasteiger partial charge in [0, 0.05) is 19.4 Å². The normalized spacial score (nSPS) is 12.4. The van der Waals surface area contributed by atoms with Gasteiger partial charge in [-0.25, -0.2) is 0 Å². The van der Waals surface area contributed by atoms with Crippen molar-refractivity contribution in [1.29, 1.82) is 0 Å². The van der Waals surface area contributed by atoms with Crippen LogP contribution in [-0.2, 0) is 18.4 Å². The standard InChI is InChI=1S/C12H16ClN5O/c1-8-11(13)7-18(16-8)9(2)12(19)14-6-10-4-5-15-17(10)3/h4-5,7,9H,6H2,1-3H3,(H,14,19). The molecule has 2 aromatic rings. The van der Waals surface area contributed by atoms with Crippen molar-refractivity contribution in [3.63, 3.8) is 0 Å². The van der Waals surface area contributed by atoms with E-state index in [1.807, 2.05) is 13.1 Å². The lowest BCUT2D eigenvalue weighted by Crippen LogP contribution is -2.31. The zero-order valence-corrected chi connectivity index (χ0v) is 11.8. The molecule has 1 unspecified atom stereocenters. The summed E-state index contributed by atoms with van der Waals surface area (Å²) in [5.41, 5.74) is 1.66. The number of carbonyl (C=O) groups excluding carboxylic acids is 1. The Morgan fingerprint density at radius 1 is 1.58 bits per heavy atom. The molecule has 0 aliphatic heterocycles. The van der Waals surface area contributed by atoms with Crippen molar-refractivity contribution in [3.05, 3.63) is 34.9 Å². The first-order valence-corrected chi connectivity index (χ1v) is 6.32. The van der Waals surface area contributed by atoms with Crippen LogP contribution in [0.5, 0.6) is 0 Å². The Balaban J connectivity index is 1.98. The number of rotatable bonds is 4. The maximum absolute atomic E-state index is 12.0. The molecule has 1 N–H and O–H groups in total. The van der Waals surface area contributed by atoms with Crippen molar-refractivity contribution in [2.24, 2.45) is 7.05 Å². The number of carbonyl (C=O) groups is 1. The first-order valence-electron chi connectivity index (χ1n) is 5.95. The molecule has 0 spiro atoms. The van der Waals surface area contributed by atoms with Gasteiger partial charge in [-0.2, -0.15) is 10.2 Å². The topological polar surface area (TPSA) is 64.7 Å². The Hall–Kier alpha value is -1.82. The Morgan fingerprint density at radius 2 is 2.32 bits per heavy atom. The third-order valence-corrected chi connectivity index (χ3v) is 3.37. The van der Waals surface area contributed by atoms with Crippen molar-refractivity contribution >= 4 is 17.5 Å². The summed E-state index contributed by atoms with van der Waals surface area (Å²) >= 11 is 5.93. The zero-order valence-electron chi connectivity index (χ0n) is 11.1. The average molecular weight is 282 g/mol. The lowest BCUT2D eigenvalue weighted by Gasteiger charge is -2.12. The predicted molar refractivity (Wildman–Crippen MR) is 71.7 cm³/mol. The molecule has 6 nitrogen and oxygen atoms in total. The molecule has 0 aliphatic carbocycles. The number of aromatic nitrogens is 4. The van der Waals surface area contributed by atoms with E-state index in [1.54, 1.807) is 35.6 Å². The second-order valence-electron chi connectivity index (χ2n) is 4.38. The summed E-state index contributed by atoms with van der Waals surface area (Å²) in [5, 5.41) is 11.7. The molecular weight excluding hydrogens is 266 g/mol. The van der Waals surface area contributed by atoms with Gasteiger partial charge in [-0.15, -0.1) is 0 Å². The lowest BCUT2D eigenvalue weighted by molar-refractivity contribution is -0.124. The minimum absolute atomic E-state index is 0.111. The number of amides is 1. The summed E-state index contributed by atoms with van der Waals surface area (Å²) in [6.45, 7) is 4.02. The van der Waals surface area contributed by atoms with E-state index in [2.05, 4.69) is 15.5 Å². The van der Waals surface area contributed by atoms with Crippen LogP contribution in [0.15, 0.2) is 18.5 Å². The number of nitrogens with one attached hydrogen (secondary N) is 1.